The Labute approximate surface area is 115 Å². The summed E-state index contributed by atoms with van der Waals surface area (Å²) in [5.74, 6) is 1.12. The highest BCUT2D eigenvalue weighted by atomic mass is 32.2. The summed E-state index contributed by atoms with van der Waals surface area (Å²) in [5, 5.41) is 17.5. The van der Waals surface area contributed by atoms with Crippen molar-refractivity contribution < 1.29 is 0 Å². The first-order valence-electron chi connectivity index (χ1n) is 5.80. The number of hydrogen-bond acceptors (Lipinski definition) is 6. The third-order valence-corrected chi connectivity index (χ3v) is 3.53. The van der Waals surface area contributed by atoms with Crippen LogP contribution in [0, 0.1) is 11.3 Å². The van der Waals surface area contributed by atoms with E-state index in [4.69, 9.17) is 11.0 Å². The van der Waals surface area contributed by atoms with Crippen molar-refractivity contribution in [3.8, 4) is 6.07 Å². The Morgan fingerprint density at radius 3 is 2.95 bits per heavy atom. The van der Waals surface area contributed by atoms with Crippen LogP contribution in [0.1, 0.15) is 31.1 Å². The van der Waals surface area contributed by atoms with Gasteiger partial charge < -0.3 is 5.73 Å². The van der Waals surface area contributed by atoms with Gasteiger partial charge in [-0.05, 0) is 31.5 Å². The van der Waals surface area contributed by atoms with Crippen LogP contribution in [0.25, 0.3) is 0 Å². The molecule has 2 heterocycles. The second-order valence-electron chi connectivity index (χ2n) is 4.25. The van der Waals surface area contributed by atoms with E-state index in [-0.39, 0.29) is 6.04 Å². The molecule has 0 saturated carbocycles. The molecule has 0 atom stereocenters. The van der Waals surface area contributed by atoms with Crippen molar-refractivity contribution in [1.29, 1.82) is 5.26 Å². The van der Waals surface area contributed by atoms with Crippen molar-refractivity contribution in [3.05, 3.63) is 29.6 Å². The van der Waals surface area contributed by atoms with Crippen molar-refractivity contribution in [2.75, 3.05) is 5.73 Å². The number of thioether (sulfide) groups is 1. The van der Waals surface area contributed by atoms with Gasteiger partial charge in [-0.1, -0.05) is 11.8 Å². The summed E-state index contributed by atoms with van der Waals surface area (Å²) in [6, 6.07) is 5.89. The first kappa shape index (κ1) is 13.4. The average Bonchev–Trinajstić information content (AvgIpc) is 2.78. The SMILES string of the molecule is CC(C)n1c(N)nnc1SCc1ccnc(C#N)c1. The van der Waals surface area contributed by atoms with Gasteiger partial charge in [0.05, 0.1) is 0 Å². The molecule has 0 aliphatic rings. The zero-order valence-corrected chi connectivity index (χ0v) is 11.6. The van der Waals surface area contributed by atoms with E-state index in [1.807, 2.05) is 30.6 Å². The van der Waals surface area contributed by atoms with Crippen LogP contribution in [-0.4, -0.2) is 19.7 Å². The van der Waals surface area contributed by atoms with E-state index in [1.54, 1.807) is 24.0 Å². The minimum atomic E-state index is 0.213. The minimum Gasteiger partial charge on any atom is -0.368 e. The van der Waals surface area contributed by atoms with Crippen LogP contribution in [0.2, 0.25) is 0 Å². The quantitative estimate of drug-likeness (QED) is 0.857. The highest BCUT2D eigenvalue weighted by Crippen LogP contribution is 2.25. The largest absolute Gasteiger partial charge is 0.368 e. The molecule has 2 rings (SSSR count). The summed E-state index contributed by atoms with van der Waals surface area (Å²) < 4.78 is 1.89. The minimum absolute atomic E-state index is 0.213. The molecule has 98 valence electrons. The molecule has 0 unspecified atom stereocenters. The number of nitriles is 1. The third kappa shape index (κ3) is 3.03. The lowest BCUT2D eigenvalue weighted by Gasteiger charge is -2.11. The topological polar surface area (TPSA) is 93.4 Å². The summed E-state index contributed by atoms with van der Waals surface area (Å²) in [6.07, 6.45) is 1.63. The van der Waals surface area contributed by atoms with Crippen LogP contribution in [0.15, 0.2) is 23.5 Å². The zero-order valence-electron chi connectivity index (χ0n) is 10.7. The Morgan fingerprint density at radius 1 is 1.47 bits per heavy atom. The molecule has 2 N–H and O–H groups in total. The fraction of sp³-hybridized carbons (Fsp3) is 0.333. The number of nitrogen functional groups attached to an aromatic ring is 1. The highest BCUT2D eigenvalue weighted by Gasteiger charge is 2.12. The summed E-state index contributed by atoms with van der Waals surface area (Å²) >= 11 is 1.54. The van der Waals surface area contributed by atoms with Crippen molar-refractivity contribution in [3.63, 3.8) is 0 Å². The van der Waals surface area contributed by atoms with Gasteiger partial charge >= 0.3 is 0 Å². The van der Waals surface area contributed by atoms with Gasteiger partial charge in [-0.2, -0.15) is 5.26 Å². The van der Waals surface area contributed by atoms with E-state index in [2.05, 4.69) is 15.2 Å². The molecule has 0 fully saturated rings. The third-order valence-electron chi connectivity index (χ3n) is 2.51. The van der Waals surface area contributed by atoms with Crippen LogP contribution in [0.3, 0.4) is 0 Å². The van der Waals surface area contributed by atoms with E-state index >= 15 is 0 Å². The Kier molecular flexibility index (Phi) is 4.02. The summed E-state index contributed by atoms with van der Waals surface area (Å²) in [7, 11) is 0. The predicted molar refractivity (Wildman–Crippen MR) is 73.3 cm³/mol. The summed E-state index contributed by atoms with van der Waals surface area (Å²) in [5.41, 5.74) is 7.22. The van der Waals surface area contributed by atoms with Crippen molar-refractivity contribution >= 4 is 17.7 Å². The summed E-state index contributed by atoms with van der Waals surface area (Å²) in [4.78, 5) is 3.94. The number of anilines is 1. The number of nitrogens with two attached hydrogens (primary N) is 1. The number of nitrogens with zero attached hydrogens (tertiary/aromatic N) is 5. The number of pyridine rings is 1. The molecule has 7 heteroatoms. The number of aromatic nitrogens is 4. The molecule has 0 bridgehead atoms. The Balaban J connectivity index is 2.13. The molecular formula is C12H14N6S. The molecule has 0 radical (unpaired) electrons. The lowest BCUT2D eigenvalue weighted by molar-refractivity contribution is 0.557. The summed E-state index contributed by atoms with van der Waals surface area (Å²) in [6.45, 7) is 4.06. The van der Waals surface area contributed by atoms with Gasteiger partial charge in [0.2, 0.25) is 5.95 Å². The first-order chi connectivity index (χ1) is 9.11. The van der Waals surface area contributed by atoms with Gasteiger partial charge in [-0.25, -0.2) is 4.98 Å². The zero-order chi connectivity index (χ0) is 13.8. The van der Waals surface area contributed by atoms with Gasteiger partial charge in [-0.3, -0.25) is 4.57 Å². The Morgan fingerprint density at radius 2 is 2.26 bits per heavy atom. The van der Waals surface area contributed by atoms with E-state index in [0.29, 0.717) is 17.4 Å². The van der Waals surface area contributed by atoms with E-state index in [1.165, 1.54) is 0 Å². The van der Waals surface area contributed by atoms with Gasteiger partial charge in [0.1, 0.15) is 11.8 Å². The average molecular weight is 274 g/mol. The Hall–Kier alpha value is -2.07. The molecule has 2 aromatic heterocycles. The first-order valence-corrected chi connectivity index (χ1v) is 6.78. The van der Waals surface area contributed by atoms with E-state index in [9.17, 15) is 0 Å². The van der Waals surface area contributed by atoms with E-state index in [0.717, 1.165) is 10.7 Å². The molecule has 6 nitrogen and oxygen atoms in total. The van der Waals surface area contributed by atoms with Crippen LogP contribution >= 0.6 is 11.8 Å². The van der Waals surface area contributed by atoms with Crippen LogP contribution in [0.5, 0.6) is 0 Å². The number of hydrogen-bond donors (Lipinski definition) is 1. The van der Waals surface area contributed by atoms with Crippen molar-refractivity contribution in [2.45, 2.75) is 30.8 Å². The smallest absolute Gasteiger partial charge is 0.222 e. The van der Waals surface area contributed by atoms with Crippen molar-refractivity contribution in [1.82, 2.24) is 19.7 Å². The molecule has 0 amide bonds. The molecule has 0 aliphatic heterocycles. The fourth-order valence-electron chi connectivity index (χ4n) is 1.65. The maximum atomic E-state index is 8.81. The van der Waals surface area contributed by atoms with Crippen LogP contribution < -0.4 is 5.73 Å². The standard InChI is InChI=1S/C12H14N6S/c1-8(2)18-11(14)16-17-12(18)19-7-9-3-4-15-10(5-9)6-13/h3-5,8H,7H2,1-2H3,(H2,14,16). The molecule has 0 spiro atoms. The predicted octanol–water partition coefficient (Wildman–Crippen LogP) is 2.00. The normalized spacial score (nSPS) is 10.6. The highest BCUT2D eigenvalue weighted by molar-refractivity contribution is 7.98. The number of rotatable bonds is 4. The monoisotopic (exact) mass is 274 g/mol. The van der Waals surface area contributed by atoms with Gasteiger partial charge in [0.25, 0.3) is 0 Å². The van der Waals surface area contributed by atoms with Gasteiger partial charge in [0.15, 0.2) is 5.16 Å². The lowest BCUT2D eigenvalue weighted by Crippen LogP contribution is -2.07. The van der Waals surface area contributed by atoms with Crippen LogP contribution in [-0.2, 0) is 5.75 Å². The molecule has 2 aromatic rings. The fourth-order valence-corrected chi connectivity index (χ4v) is 2.66. The maximum Gasteiger partial charge on any atom is 0.222 e. The lowest BCUT2D eigenvalue weighted by atomic mass is 10.2. The van der Waals surface area contributed by atoms with Crippen molar-refractivity contribution in [2.24, 2.45) is 0 Å². The maximum absolute atomic E-state index is 8.81. The van der Waals surface area contributed by atoms with Crippen LogP contribution in [0.4, 0.5) is 5.95 Å². The molecular weight excluding hydrogens is 260 g/mol. The van der Waals surface area contributed by atoms with Gasteiger partial charge in [-0.15, -0.1) is 10.2 Å². The molecule has 0 saturated heterocycles. The Bertz CT molecular complexity index is 613. The molecule has 0 aromatic carbocycles. The molecule has 19 heavy (non-hydrogen) atoms. The second-order valence-corrected chi connectivity index (χ2v) is 5.20. The second kappa shape index (κ2) is 5.71. The van der Waals surface area contributed by atoms with E-state index < -0.39 is 0 Å². The van der Waals surface area contributed by atoms with Gasteiger partial charge in [0, 0.05) is 18.0 Å². The molecule has 0 aliphatic carbocycles.